The number of benzene rings is 1. The summed E-state index contributed by atoms with van der Waals surface area (Å²) >= 11 is 12.0. The molecule has 1 aliphatic carbocycles. The first-order valence-electron chi connectivity index (χ1n) is 7.44. The van der Waals surface area contributed by atoms with Crippen molar-refractivity contribution in [3.05, 3.63) is 45.8 Å². The number of hydrogen-bond donors (Lipinski definition) is 1. The van der Waals surface area contributed by atoms with Gasteiger partial charge in [0.1, 0.15) is 0 Å². The third kappa shape index (κ3) is 3.23. The van der Waals surface area contributed by atoms with Crippen molar-refractivity contribution in [2.45, 2.75) is 25.8 Å². The Morgan fingerprint density at radius 1 is 1.13 bits per heavy atom. The van der Waals surface area contributed by atoms with Crippen LogP contribution in [0.1, 0.15) is 24.2 Å². The minimum Gasteiger partial charge on any atom is -0.240 e. The molecule has 3 aromatic rings. The van der Waals surface area contributed by atoms with Gasteiger partial charge in [-0.1, -0.05) is 35.3 Å². The number of rotatable bonds is 5. The van der Waals surface area contributed by atoms with Crippen molar-refractivity contribution < 1.29 is 0 Å². The summed E-state index contributed by atoms with van der Waals surface area (Å²) in [4.78, 5) is 4.63. The van der Waals surface area contributed by atoms with Crippen LogP contribution in [0.15, 0.2) is 24.3 Å². The lowest BCUT2D eigenvalue weighted by atomic mass is 10.2. The molecule has 1 fully saturated rings. The maximum atomic E-state index is 6.09. The van der Waals surface area contributed by atoms with E-state index in [-0.39, 0.29) is 0 Å². The van der Waals surface area contributed by atoms with Gasteiger partial charge >= 0.3 is 0 Å². The zero-order chi connectivity index (χ0) is 15.8. The molecule has 2 heterocycles. The summed E-state index contributed by atoms with van der Waals surface area (Å²) in [7, 11) is 0. The molecular weight excluding hydrogens is 335 g/mol. The summed E-state index contributed by atoms with van der Waals surface area (Å²) in [6, 6.07) is 7.67. The molecule has 1 aromatic carbocycles. The van der Waals surface area contributed by atoms with Crippen LogP contribution in [0.4, 0.5) is 0 Å². The van der Waals surface area contributed by atoms with E-state index in [1.165, 1.54) is 12.8 Å². The van der Waals surface area contributed by atoms with Crippen LogP contribution in [0.3, 0.4) is 0 Å². The highest BCUT2D eigenvalue weighted by atomic mass is 35.5. The molecule has 0 saturated heterocycles. The van der Waals surface area contributed by atoms with Gasteiger partial charge in [-0.3, -0.25) is 0 Å². The molecule has 2 aromatic heterocycles. The maximum absolute atomic E-state index is 6.09. The molecule has 1 N–H and O–H groups in total. The van der Waals surface area contributed by atoms with Crippen LogP contribution in [-0.4, -0.2) is 30.2 Å². The quantitative estimate of drug-likeness (QED) is 0.767. The first kappa shape index (κ1) is 14.7. The Labute approximate surface area is 142 Å². The molecule has 0 bridgehead atoms. The predicted molar refractivity (Wildman–Crippen MR) is 87.4 cm³/mol. The monoisotopic (exact) mass is 348 g/mol. The third-order valence-electron chi connectivity index (χ3n) is 3.85. The number of nitrogens with zero attached hydrogens (tertiary/aromatic N) is 5. The van der Waals surface area contributed by atoms with E-state index in [2.05, 4.69) is 25.5 Å². The smallest absolute Gasteiger partial charge is 0.182 e. The lowest BCUT2D eigenvalue weighted by Crippen LogP contribution is -2.05. The minimum absolute atomic E-state index is 0.299. The van der Waals surface area contributed by atoms with Gasteiger partial charge in [-0.2, -0.15) is 15.4 Å². The van der Waals surface area contributed by atoms with Gasteiger partial charge in [-0.15, -0.1) is 5.10 Å². The number of nitrogens with one attached hydrogen (secondary N) is 1. The van der Waals surface area contributed by atoms with Crippen LogP contribution in [0.25, 0.3) is 11.5 Å². The van der Waals surface area contributed by atoms with Gasteiger partial charge in [0.15, 0.2) is 22.5 Å². The van der Waals surface area contributed by atoms with E-state index < -0.39 is 0 Å². The molecule has 0 amide bonds. The third-order valence-corrected chi connectivity index (χ3v) is 4.36. The van der Waals surface area contributed by atoms with E-state index in [4.69, 9.17) is 23.2 Å². The zero-order valence-electron chi connectivity index (χ0n) is 12.2. The van der Waals surface area contributed by atoms with Crippen LogP contribution >= 0.6 is 23.2 Å². The van der Waals surface area contributed by atoms with Gasteiger partial charge in [0.2, 0.25) is 0 Å². The SMILES string of the molecule is Clc1ccc(Cn2nc(CC3CC3)nc2-c2n[nH]nc2Cl)cc1. The second kappa shape index (κ2) is 5.94. The Hall–Kier alpha value is -1.92. The standard InChI is InChI=1S/C15H14Cl2N6/c16-11-5-3-10(4-6-11)8-23-15(13-14(17)20-22-19-13)18-12(21-23)7-9-1-2-9/h3-6,9H,1-2,7-8H2,(H,19,20,22). The second-order valence-electron chi connectivity index (χ2n) is 5.75. The molecule has 0 spiro atoms. The molecule has 0 radical (unpaired) electrons. The molecule has 23 heavy (non-hydrogen) atoms. The van der Waals surface area contributed by atoms with E-state index in [1.54, 1.807) is 0 Å². The molecule has 0 aliphatic heterocycles. The summed E-state index contributed by atoms with van der Waals surface area (Å²) in [5.41, 5.74) is 1.60. The zero-order valence-corrected chi connectivity index (χ0v) is 13.7. The number of halogens is 2. The fourth-order valence-electron chi connectivity index (χ4n) is 2.46. The van der Waals surface area contributed by atoms with Gasteiger partial charge in [0.25, 0.3) is 0 Å². The van der Waals surface area contributed by atoms with Crippen molar-refractivity contribution in [3.8, 4) is 11.5 Å². The Morgan fingerprint density at radius 3 is 2.57 bits per heavy atom. The van der Waals surface area contributed by atoms with E-state index in [0.29, 0.717) is 34.2 Å². The topological polar surface area (TPSA) is 72.3 Å². The van der Waals surface area contributed by atoms with Crippen molar-refractivity contribution in [3.63, 3.8) is 0 Å². The summed E-state index contributed by atoms with van der Waals surface area (Å²) < 4.78 is 1.82. The lowest BCUT2D eigenvalue weighted by molar-refractivity contribution is 0.664. The molecule has 1 aliphatic rings. The second-order valence-corrected chi connectivity index (χ2v) is 6.54. The summed E-state index contributed by atoms with van der Waals surface area (Å²) in [6.07, 6.45) is 3.41. The lowest BCUT2D eigenvalue weighted by Gasteiger charge is -2.04. The van der Waals surface area contributed by atoms with Crippen LogP contribution < -0.4 is 0 Å². The first-order valence-corrected chi connectivity index (χ1v) is 8.19. The minimum atomic E-state index is 0.299. The Kier molecular flexibility index (Phi) is 3.79. The van der Waals surface area contributed by atoms with Gasteiger partial charge < -0.3 is 0 Å². The number of aromatic amines is 1. The number of hydrogen-bond acceptors (Lipinski definition) is 4. The van der Waals surface area contributed by atoms with Crippen LogP contribution in [0, 0.1) is 5.92 Å². The summed E-state index contributed by atoms with van der Waals surface area (Å²) in [5.74, 6) is 2.17. The highest BCUT2D eigenvalue weighted by Gasteiger charge is 2.25. The first-order chi connectivity index (χ1) is 11.2. The summed E-state index contributed by atoms with van der Waals surface area (Å²) in [5, 5.41) is 16.1. The largest absolute Gasteiger partial charge is 0.240 e. The summed E-state index contributed by atoms with van der Waals surface area (Å²) in [6.45, 7) is 0.577. The fourth-order valence-corrected chi connectivity index (χ4v) is 2.75. The molecule has 118 valence electrons. The van der Waals surface area contributed by atoms with Crippen molar-refractivity contribution in [1.29, 1.82) is 0 Å². The van der Waals surface area contributed by atoms with E-state index in [1.807, 2.05) is 28.9 Å². The number of aromatic nitrogens is 6. The highest BCUT2D eigenvalue weighted by Crippen LogP contribution is 2.32. The highest BCUT2D eigenvalue weighted by molar-refractivity contribution is 6.31. The van der Waals surface area contributed by atoms with Gasteiger partial charge in [0.05, 0.1) is 6.54 Å². The normalized spacial score (nSPS) is 14.3. The molecule has 0 unspecified atom stereocenters. The molecular formula is C15H14Cl2N6. The van der Waals surface area contributed by atoms with Crippen LogP contribution in [0.5, 0.6) is 0 Å². The van der Waals surface area contributed by atoms with E-state index >= 15 is 0 Å². The van der Waals surface area contributed by atoms with Crippen molar-refractivity contribution in [2.75, 3.05) is 0 Å². The van der Waals surface area contributed by atoms with E-state index in [0.717, 1.165) is 17.8 Å². The van der Waals surface area contributed by atoms with Crippen molar-refractivity contribution in [2.24, 2.45) is 5.92 Å². The predicted octanol–water partition coefficient (Wildman–Crippen LogP) is 3.37. The average Bonchev–Trinajstić information content (AvgIpc) is 3.11. The molecule has 8 heteroatoms. The van der Waals surface area contributed by atoms with Gasteiger partial charge in [-0.05, 0) is 36.5 Å². The Balaban J connectivity index is 1.69. The van der Waals surface area contributed by atoms with Crippen LogP contribution in [-0.2, 0) is 13.0 Å². The van der Waals surface area contributed by atoms with Crippen molar-refractivity contribution >= 4 is 23.2 Å². The van der Waals surface area contributed by atoms with Gasteiger partial charge in [0, 0.05) is 11.4 Å². The fraction of sp³-hybridized carbons (Fsp3) is 0.333. The molecule has 1 saturated carbocycles. The van der Waals surface area contributed by atoms with Crippen LogP contribution in [0.2, 0.25) is 10.2 Å². The molecule has 6 nitrogen and oxygen atoms in total. The van der Waals surface area contributed by atoms with Gasteiger partial charge in [-0.25, -0.2) is 9.67 Å². The van der Waals surface area contributed by atoms with Crippen molar-refractivity contribution in [1.82, 2.24) is 30.2 Å². The van der Waals surface area contributed by atoms with E-state index in [9.17, 15) is 0 Å². The Bertz CT molecular complexity index is 819. The molecule has 4 rings (SSSR count). The maximum Gasteiger partial charge on any atom is 0.182 e. The molecule has 0 atom stereocenters. The average molecular weight is 349 g/mol. The Morgan fingerprint density at radius 2 is 1.91 bits per heavy atom. The number of H-pyrrole nitrogens is 1.